The Hall–Kier alpha value is -0.860. The third kappa shape index (κ3) is 5.75. The van der Waals surface area contributed by atoms with E-state index in [2.05, 4.69) is 76.4 Å². The van der Waals surface area contributed by atoms with E-state index in [9.17, 15) is 0 Å². The summed E-state index contributed by atoms with van der Waals surface area (Å²) in [5.41, 5.74) is 3.05. The van der Waals surface area contributed by atoms with Crippen molar-refractivity contribution in [3.05, 3.63) is 35.4 Å². The molecule has 2 nitrogen and oxygen atoms in total. The molecule has 1 atom stereocenters. The van der Waals surface area contributed by atoms with E-state index in [4.69, 9.17) is 0 Å². The molecule has 0 heterocycles. The van der Waals surface area contributed by atoms with Crippen LogP contribution < -0.4 is 10.6 Å². The van der Waals surface area contributed by atoms with Crippen LogP contribution in [0, 0.1) is 0 Å². The average molecular weight is 262 g/mol. The zero-order valence-electron chi connectivity index (χ0n) is 13.4. The predicted octanol–water partition coefficient (Wildman–Crippen LogP) is 3.46. The van der Waals surface area contributed by atoms with Crippen molar-refractivity contribution in [3.63, 3.8) is 0 Å². The first-order valence-electron chi connectivity index (χ1n) is 7.36. The third-order valence-corrected chi connectivity index (χ3v) is 3.30. The molecule has 0 bridgehead atoms. The normalized spacial score (nSPS) is 13.8. The van der Waals surface area contributed by atoms with Crippen molar-refractivity contribution in [2.45, 2.75) is 65.6 Å². The van der Waals surface area contributed by atoms with Crippen LogP contribution in [-0.4, -0.2) is 18.6 Å². The molecule has 0 aromatic heterocycles. The summed E-state index contributed by atoms with van der Waals surface area (Å²) in [4.78, 5) is 0. The second-order valence-electron chi connectivity index (χ2n) is 6.75. The van der Waals surface area contributed by atoms with Gasteiger partial charge in [-0.15, -0.1) is 0 Å². The van der Waals surface area contributed by atoms with Crippen LogP contribution in [0.15, 0.2) is 24.3 Å². The molecule has 0 aliphatic heterocycles. The zero-order chi connectivity index (χ0) is 14.5. The van der Waals surface area contributed by atoms with Gasteiger partial charge in [0.05, 0.1) is 0 Å². The Morgan fingerprint density at radius 3 is 2.21 bits per heavy atom. The topological polar surface area (TPSA) is 24.1 Å². The Kier molecular flexibility index (Phi) is 6.02. The van der Waals surface area contributed by atoms with Crippen LogP contribution in [0.25, 0.3) is 0 Å². The molecular weight excluding hydrogens is 232 g/mol. The van der Waals surface area contributed by atoms with Crippen molar-refractivity contribution in [1.29, 1.82) is 0 Å². The van der Waals surface area contributed by atoms with Gasteiger partial charge in [-0.2, -0.15) is 0 Å². The van der Waals surface area contributed by atoms with Crippen LogP contribution in [0.1, 0.15) is 52.7 Å². The van der Waals surface area contributed by atoms with Gasteiger partial charge in [0.25, 0.3) is 0 Å². The van der Waals surface area contributed by atoms with E-state index in [1.807, 2.05) is 0 Å². The SMILES string of the molecule is CC(C)NCC(C)NCc1ccccc1C(C)(C)C. The summed E-state index contributed by atoms with van der Waals surface area (Å²) < 4.78 is 0. The summed E-state index contributed by atoms with van der Waals surface area (Å²) in [7, 11) is 0. The second kappa shape index (κ2) is 7.06. The van der Waals surface area contributed by atoms with Crippen LogP contribution >= 0.6 is 0 Å². The van der Waals surface area contributed by atoms with Crippen molar-refractivity contribution < 1.29 is 0 Å². The molecule has 0 spiro atoms. The minimum Gasteiger partial charge on any atom is -0.313 e. The lowest BCUT2D eigenvalue weighted by Crippen LogP contribution is -2.38. The van der Waals surface area contributed by atoms with Gasteiger partial charge in [0.2, 0.25) is 0 Å². The predicted molar refractivity (Wildman–Crippen MR) is 84.6 cm³/mol. The molecule has 108 valence electrons. The van der Waals surface area contributed by atoms with Gasteiger partial charge in [0.1, 0.15) is 0 Å². The Labute approximate surface area is 119 Å². The molecule has 0 amide bonds. The molecule has 2 heteroatoms. The molecule has 19 heavy (non-hydrogen) atoms. The molecule has 0 aliphatic carbocycles. The van der Waals surface area contributed by atoms with Gasteiger partial charge in [-0.3, -0.25) is 0 Å². The smallest absolute Gasteiger partial charge is 0.0211 e. The Morgan fingerprint density at radius 1 is 1.00 bits per heavy atom. The highest BCUT2D eigenvalue weighted by molar-refractivity contribution is 5.32. The van der Waals surface area contributed by atoms with E-state index >= 15 is 0 Å². The van der Waals surface area contributed by atoms with Gasteiger partial charge in [-0.05, 0) is 23.5 Å². The average Bonchev–Trinajstić information content (AvgIpc) is 2.33. The fourth-order valence-electron chi connectivity index (χ4n) is 2.17. The Bertz CT molecular complexity index is 377. The summed E-state index contributed by atoms with van der Waals surface area (Å²) in [5.74, 6) is 0. The molecular formula is C17H30N2. The van der Waals surface area contributed by atoms with Crippen molar-refractivity contribution in [3.8, 4) is 0 Å². The van der Waals surface area contributed by atoms with Gasteiger partial charge in [0.15, 0.2) is 0 Å². The number of nitrogens with one attached hydrogen (secondary N) is 2. The molecule has 0 aliphatic rings. The first-order chi connectivity index (χ1) is 8.80. The quantitative estimate of drug-likeness (QED) is 0.820. The van der Waals surface area contributed by atoms with E-state index in [1.54, 1.807) is 0 Å². The first-order valence-corrected chi connectivity index (χ1v) is 7.36. The number of hydrogen-bond donors (Lipinski definition) is 2. The van der Waals surface area contributed by atoms with E-state index in [0.717, 1.165) is 13.1 Å². The van der Waals surface area contributed by atoms with Crippen molar-refractivity contribution in [2.24, 2.45) is 0 Å². The molecule has 0 fully saturated rings. The monoisotopic (exact) mass is 262 g/mol. The summed E-state index contributed by atoms with van der Waals surface area (Å²) in [6.07, 6.45) is 0. The molecule has 1 aromatic rings. The largest absolute Gasteiger partial charge is 0.313 e. The van der Waals surface area contributed by atoms with E-state index in [0.29, 0.717) is 12.1 Å². The molecule has 0 radical (unpaired) electrons. The second-order valence-corrected chi connectivity index (χ2v) is 6.75. The Morgan fingerprint density at radius 2 is 1.63 bits per heavy atom. The lowest BCUT2D eigenvalue weighted by Gasteiger charge is -2.24. The van der Waals surface area contributed by atoms with Crippen molar-refractivity contribution >= 4 is 0 Å². The molecule has 1 unspecified atom stereocenters. The molecule has 1 aromatic carbocycles. The van der Waals surface area contributed by atoms with Gasteiger partial charge < -0.3 is 10.6 Å². The highest BCUT2D eigenvalue weighted by atomic mass is 15.0. The minimum absolute atomic E-state index is 0.206. The van der Waals surface area contributed by atoms with Crippen LogP contribution in [0.4, 0.5) is 0 Å². The van der Waals surface area contributed by atoms with E-state index in [-0.39, 0.29) is 5.41 Å². The van der Waals surface area contributed by atoms with Crippen LogP contribution in [-0.2, 0) is 12.0 Å². The van der Waals surface area contributed by atoms with Gasteiger partial charge in [-0.25, -0.2) is 0 Å². The molecule has 0 saturated heterocycles. The van der Waals surface area contributed by atoms with Crippen LogP contribution in [0.5, 0.6) is 0 Å². The highest BCUT2D eigenvalue weighted by Crippen LogP contribution is 2.25. The van der Waals surface area contributed by atoms with E-state index < -0.39 is 0 Å². The maximum absolute atomic E-state index is 3.60. The molecule has 2 N–H and O–H groups in total. The minimum atomic E-state index is 0.206. The Balaban J connectivity index is 2.58. The molecule has 1 rings (SSSR count). The van der Waals surface area contributed by atoms with E-state index in [1.165, 1.54) is 11.1 Å². The highest BCUT2D eigenvalue weighted by Gasteiger charge is 2.17. The summed E-state index contributed by atoms with van der Waals surface area (Å²) in [5, 5.41) is 7.07. The zero-order valence-corrected chi connectivity index (χ0v) is 13.4. The van der Waals surface area contributed by atoms with Crippen molar-refractivity contribution in [1.82, 2.24) is 10.6 Å². The lowest BCUT2D eigenvalue weighted by molar-refractivity contribution is 0.470. The number of rotatable bonds is 6. The lowest BCUT2D eigenvalue weighted by atomic mass is 9.84. The fourth-order valence-corrected chi connectivity index (χ4v) is 2.17. The summed E-state index contributed by atoms with van der Waals surface area (Å²) >= 11 is 0. The van der Waals surface area contributed by atoms with Crippen molar-refractivity contribution in [2.75, 3.05) is 6.54 Å². The third-order valence-electron chi connectivity index (χ3n) is 3.30. The molecule has 0 saturated carbocycles. The standard InChI is InChI=1S/C17H30N2/c1-13(2)18-11-14(3)19-12-15-9-7-8-10-16(15)17(4,5)6/h7-10,13-14,18-19H,11-12H2,1-6H3. The summed E-state index contributed by atoms with van der Waals surface area (Å²) in [6, 6.07) is 9.77. The summed E-state index contributed by atoms with van der Waals surface area (Å²) in [6.45, 7) is 15.4. The number of hydrogen-bond acceptors (Lipinski definition) is 2. The first kappa shape index (κ1) is 16.2. The maximum Gasteiger partial charge on any atom is 0.0211 e. The van der Waals surface area contributed by atoms with Crippen LogP contribution in [0.3, 0.4) is 0 Å². The fraction of sp³-hybridized carbons (Fsp3) is 0.647. The number of benzene rings is 1. The van der Waals surface area contributed by atoms with Gasteiger partial charge in [0, 0.05) is 25.2 Å². The maximum atomic E-state index is 3.60. The van der Waals surface area contributed by atoms with Gasteiger partial charge >= 0.3 is 0 Å². The van der Waals surface area contributed by atoms with Crippen LogP contribution in [0.2, 0.25) is 0 Å². The van der Waals surface area contributed by atoms with Gasteiger partial charge in [-0.1, -0.05) is 58.9 Å².